The fourth-order valence-electron chi connectivity index (χ4n) is 4.92. The van der Waals surface area contributed by atoms with E-state index in [9.17, 15) is 33.0 Å². The smallest absolute Gasteiger partial charge is 0.253 e. The normalized spacial score (nSPS) is 14.6. The lowest BCUT2D eigenvalue weighted by Crippen LogP contribution is -2.60. The summed E-state index contributed by atoms with van der Waals surface area (Å²) >= 11 is 0. The molecule has 0 aliphatic rings. The van der Waals surface area contributed by atoms with Crippen molar-refractivity contribution in [1.82, 2.24) is 20.9 Å². The van der Waals surface area contributed by atoms with E-state index in [4.69, 9.17) is 4.74 Å². The first kappa shape index (κ1) is 37.3. The monoisotopic (exact) mass is 668 g/mol. The highest BCUT2D eigenvalue weighted by Crippen LogP contribution is 2.15. The third-order valence-corrected chi connectivity index (χ3v) is 9.31. The van der Waals surface area contributed by atoms with Gasteiger partial charge in [0.05, 0.1) is 29.2 Å². The Morgan fingerprint density at radius 1 is 0.830 bits per heavy atom. The number of carbonyl (C=O) groups excluding carboxylic acids is 3. The summed E-state index contributed by atoms with van der Waals surface area (Å²) in [6.45, 7) is 1.99. The largest absolute Gasteiger partial charge is 0.388 e. The Morgan fingerprint density at radius 3 is 2.06 bits per heavy atom. The van der Waals surface area contributed by atoms with Gasteiger partial charge in [0.2, 0.25) is 5.91 Å². The Labute approximate surface area is 275 Å². The third-order valence-electron chi connectivity index (χ3n) is 7.56. The number of aliphatic hydroxyl groups excluding tert-OH is 2. The standard InChI is InChI=1S/C34H44N4O8S/c1-3-4-20-47(44,45)23-29(38-33(42)26-16-11-18-35-22-26)34(43)37-28(21-24-12-7-5-8-13-24)31(40)30(39)27(17-19-46-2)36-32(41)25-14-9-6-10-15-25/h5-16,18,22,27-31,39-40H,3-4,17,19-21,23H2,1-2H3,(H,36,41)(H,37,43)(H,38,42)/t27-,28+,29-,30-,31-/m1/s1. The second kappa shape index (κ2) is 18.8. The van der Waals surface area contributed by atoms with E-state index in [1.165, 1.54) is 31.6 Å². The molecule has 3 rings (SSSR count). The molecule has 13 heteroatoms. The predicted octanol–water partition coefficient (Wildman–Crippen LogP) is 1.68. The molecule has 0 radical (unpaired) electrons. The highest BCUT2D eigenvalue weighted by molar-refractivity contribution is 7.91. The molecule has 1 heterocycles. The molecule has 5 N–H and O–H groups in total. The number of benzene rings is 2. The van der Waals surface area contributed by atoms with Crippen LogP contribution in [-0.2, 0) is 25.8 Å². The van der Waals surface area contributed by atoms with Crippen LogP contribution < -0.4 is 16.0 Å². The van der Waals surface area contributed by atoms with E-state index >= 15 is 0 Å². The number of unbranched alkanes of at least 4 members (excludes halogenated alkanes) is 1. The van der Waals surface area contributed by atoms with Crippen LogP contribution in [0.1, 0.15) is 52.5 Å². The van der Waals surface area contributed by atoms with E-state index in [0.29, 0.717) is 24.0 Å². The van der Waals surface area contributed by atoms with Gasteiger partial charge in [-0.2, -0.15) is 0 Å². The van der Waals surface area contributed by atoms with Crippen molar-refractivity contribution in [2.24, 2.45) is 0 Å². The average molecular weight is 669 g/mol. The summed E-state index contributed by atoms with van der Waals surface area (Å²) in [4.78, 5) is 43.7. The first-order valence-electron chi connectivity index (χ1n) is 15.5. The lowest BCUT2D eigenvalue weighted by molar-refractivity contribution is -0.125. The van der Waals surface area contributed by atoms with E-state index in [1.807, 2.05) is 6.92 Å². The number of aliphatic hydroxyl groups is 2. The molecule has 1 aromatic heterocycles. The van der Waals surface area contributed by atoms with Crippen LogP contribution in [0, 0.1) is 0 Å². The van der Waals surface area contributed by atoms with Gasteiger partial charge in [0.15, 0.2) is 9.84 Å². The molecule has 0 spiro atoms. The van der Waals surface area contributed by atoms with Gasteiger partial charge in [-0.1, -0.05) is 61.9 Å². The summed E-state index contributed by atoms with van der Waals surface area (Å²) in [5.41, 5.74) is 1.18. The number of sulfone groups is 1. The SMILES string of the molecule is CCCCS(=O)(=O)C[C@@H](NC(=O)c1cccnc1)C(=O)N[C@@H](Cc1ccccc1)[C@@H](O)[C@H](O)[C@@H](CCOC)NC(=O)c1ccccc1. The molecule has 0 fully saturated rings. The topological polar surface area (TPSA) is 184 Å². The molecule has 0 aliphatic carbocycles. The summed E-state index contributed by atoms with van der Waals surface area (Å²) in [5, 5.41) is 30.9. The Hall–Kier alpha value is -4.17. The van der Waals surface area contributed by atoms with Gasteiger partial charge in [-0.25, -0.2) is 8.42 Å². The maximum atomic E-state index is 13.8. The summed E-state index contributed by atoms with van der Waals surface area (Å²) < 4.78 is 31.1. The van der Waals surface area contributed by atoms with Crippen LogP contribution >= 0.6 is 0 Å². The molecular formula is C34H44N4O8S. The van der Waals surface area contributed by atoms with Gasteiger partial charge in [-0.3, -0.25) is 19.4 Å². The third kappa shape index (κ3) is 12.2. The van der Waals surface area contributed by atoms with Crippen molar-refractivity contribution < 1.29 is 37.8 Å². The van der Waals surface area contributed by atoms with E-state index in [2.05, 4.69) is 20.9 Å². The predicted molar refractivity (Wildman–Crippen MR) is 177 cm³/mol. The first-order valence-corrected chi connectivity index (χ1v) is 17.3. The Bertz CT molecular complexity index is 1510. The number of methoxy groups -OCH3 is 1. The Morgan fingerprint density at radius 2 is 1.45 bits per heavy atom. The minimum absolute atomic E-state index is 0.0420. The van der Waals surface area contributed by atoms with Gasteiger partial charge in [-0.05, 0) is 49.1 Å². The van der Waals surface area contributed by atoms with E-state index in [-0.39, 0.29) is 30.8 Å². The van der Waals surface area contributed by atoms with Crippen LogP contribution in [0.15, 0.2) is 85.2 Å². The number of ether oxygens (including phenoxy) is 1. The lowest BCUT2D eigenvalue weighted by Gasteiger charge is -2.33. The maximum Gasteiger partial charge on any atom is 0.253 e. The van der Waals surface area contributed by atoms with Crippen molar-refractivity contribution in [3.05, 3.63) is 102 Å². The van der Waals surface area contributed by atoms with Crippen LogP contribution in [0.25, 0.3) is 0 Å². The number of pyridine rings is 1. The molecule has 0 unspecified atom stereocenters. The highest BCUT2D eigenvalue weighted by atomic mass is 32.2. The van der Waals surface area contributed by atoms with Crippen molar-refractivity contribution in [2.45, 2.75) is 62.9 Å². The summed E-state index contributed by atoms with van der Waals surface area (Å²) in [7, 11) is -2.31. The van der Waals surface area contributed by atoms with Gasteiger partial charge in [0, 0.05) is 31.7 Å². The van der Waals surface area contributed by atoms with E-state index < -0.39 is 63.6 Å². The quantitative estimate of drug-likeness (QED) is 0.127. The van der Waals surface area contributed by atoms with Gasteiger partial charge >= 0.3 is 0 Å². The number of hydrogen-bond donors (Lipinski definition) is 5. The molecule has 47 heavy (non-hydrogen) atoms. The lowest BCUT2D eigenvalue weighted by atomic mass is 9.92. The van der Waals surface area contributed by atoms with Crippen molar-refractivity contribution in [2.75, 3.05) is 25.2 Å². The molecule has 0 saturated carbocycles. The molecule has 254 valence electrons. The number of nitrogens with one attached hydrogen (secondary N) is 3. The second-order valence-electron chi connectivity index (χ2n) is 11.2. The number of aromatic nitrogens is 1. The first-order chi connectivity index (χ1) is 22.5. The van der Waals surface area contributed by atoms with Crippen LogP contribution in [0.2, 0.25) is 0 Å². The number of hydrogen-bond acceptors (Lipinski definition) is 9. The molecule has 5 atom stereocenters. The maximum absolute atomic E-state index is 13.8. The average Bonchev–Trinajstić information content (AvgIpc) is 3.08. The summed E-state index contributed by atoms with van der Waals surface area (Å²) in [5.74, 6) is -2.89. The van der Waals surface area contributed by atoms with E-state index in [1.54, 1.807) is 60.7 Å². The summed E-state index contributed by atoms with van der Waals surface area (Å²) in [6.07, 6.45) is 0.724. The van der Waals surface area contributed by atoms with Crippen LogP contribution in [0.5, 0.6) is 0 Å². The zero-order valence-electron chi connectivity index (χ0n) is 26.6. The highest BCUT2D eigenvalue weighted by Gasteiger charge is 2.36. The molecule has 0 saturated heterocycles. The van der Waals surface area contributed by atoms with Crippen LogP contribution in [0.4, 0.5) is 0 Å². The van der Waals surface area contributed by atoms with E-state index in [0.717, 1.165) is 0 Å². The van der Waals surface area contributed by atoms with Crippen molar-refractivity contribution in [3.8, 4) is 0 Å². The molecular weight excluding hydrogens is 624 g/mol. The van der Waals surface area contributed by atoms with Gasteiger partial charge in [0.1, 0.15) is 18.2 Å². The molecule has 3 amide bonds. The molecule has 0 bridgehead atoms. The van der Waals surface area contributed by atoms with Crippen molar-refractivity contribution in [3.63, 3.8) is 0 Å². The number of nitrogens with zero attached hydrogens (tertiary/aromatic N) is 1. The van der Waals surface area contributed by atoms with Gasteiger partial charge in [-0.15, -0.1) is 0 Å². The minimum atomic E-state index is -3.78. The molecule has 0 aliphatic heterocycles. The fraction of sp³-hybridized carbons (Fsp3) is 0.412. The van der Waals surface area contributed by atoms with Crippen molar-refractivity contribution >= 4 is 27.6 Å². The minimum Gasteiger partial charge on any atom is -0.388 e. The Kier molecular flexibility index (Phi) is 15.0. The molecule has 2 aromatic carbocycles. The van der Waals surface area contributed by atoms with Crippen LogP contribution in [-0.4, -0.2) is 96.9 Å². The number of carbonyl (C=O) groups is 3. The number of rotatable bonds is 19. The Balaban J connectivity index is 1.90. The molecule has 3 aromatic rings. The zero-order valence-corrected chi connectivity index (χ0v) is 27.4. The van der Waals surface area contributed by atoms with Gasteiger partial charge in [0.25, 0.3) is 11.8 Å². The van der Waals surface area contributed by atoms with Crippen molar-refractivity contribution in [1.29, 1.82) is 0 Å². The number of amides is 3. The fourth-order valence-corrected chi connectivity index (χ4v) is 6.56. The second-order valence-corrected chi connectivity index (χ2v) is 13.5. The van der Waals surface area contributed by atoms with Gasteiger partial charge < -0.3 is 30.9 Å². The van der Waals surface area contributed by atoms with Crippen LogP contribution in [0.3, 0.4) is 0 Å². The zero-order chi connectivity index (χ0) is 34.2. The summed E-state index contributed by atoms with van der Waals surface area (Å²) in [6, 6.07) is 16.6. The molecule has 12 nitrogen and oxygen atoms in total.